The van der Waals surface area contributed by atoms with Crippen LogP contribution in [0.1, 0.15) is 103 Å². The van der Waals surface area contributed by atoms with Crippen LogP contribution < -0.4 is 9.47 Å². The Morgan fingerprint density at radius 2 is 1.29 bits per heavy atom. The van der Waals surface area contributed by atoms with Gasteiger partial charge in [0.1, 0.15) is 0 Å². The Morgan fingerprint density at radius 3 is 1.86 bits per heavy atom. The number of para-hydroxylation sites is 1. The van der Waals surface area contributed by atoms with Gasteiger partial charge in [-0.3, -0.25) is 9.59 Å². The summed E-state index contributed by atoms with van der Waals surface area (Å²) >= 11 is 0. The van der Waals surface area contributed by atoms with Gasteiger partial charge in [0.05, 0.1) is 0 Å². The van der Waals surface area contributed by atoms with Crippen molar-refractivity contribution in [2.75, 3.05) is 0 Å². The number of hydrogen-bond acceptors (Lipinski definition) is 4. The Balaban J connectivity index is 2.78. The summed E-state index contributed by atoms with van der Waals surface area (Å²) in [4.78, 5) is 24.5. The molecule has 0 amide bonds. The molecule has 4 heteroatoms. The van der Waals surface area contributed by atoms with Crippen molar-refractivity contribution in [3.05, 3.63) is 23.8 Å². The van der Waals surface area contributed by atoms with Crippen molar-refractivity contribution in [1.29, 1.82) is 0 Å². The molecule has 0 N–H and O–H groups in total. The van der Waals surface area contributed by atoms with Crippen molar-refractivity contribution in [3.8, 4) is 11.5 Å². The lowest BCUT2D eigenvalue weighted by atomic mass is 10.1. The van der Waals surface area contributed by atoms with Crippen molar-refractivity contribution in [3.63, 3.8) is 0 Å². The number of benzene rings is 1. The highest BCUT2D eigenvalue weighted by atomic mass is 16.6. The predicted octanol–water partition coefficient (Wildman–Crippen LogP) is 6.78. The van der Waals surface area contributed by atoms with E-state index < -0.39 is 0 Å². The monoisotopic (exact) mass is 390 g/mol. The van der Waals surface area contributed by atoms with E-state index in [0.29, 0.717) is 24.3 Å². The average molecular weight is 391 g/mol. The molecule has 0 saturated carbocycles. The smallest absolute Gasteiger partial charge is 0.311 e. The van der Waals surface area contributed by atoms with Crippen molar-refractivity contribution >= 4 is 11.9 Å². The lowest BCUT2D eigenvalue weighted by molar-refractivity contribution is -0.137. The zero-order valence-electron chi connectivity index (χ0n) is 18.1. The maximum atomic E-state index is 12.3. The molecule has 0 saturated heterocycles. The van der Waals surface area contributed by atoms with Crippen LogP contribution in [-0.2, 0) is 16.0 Å². The van der Waals surface area contributed by atoms with Crippen molar-refractivity contribution in [2.45, 2.75) is 104 Å². The minimum Gasteiger partial charge on any atom is -0.423 e. The van der Waals surface area contributed by atoms with E-state index in [-0.39, 0.29) is 11.9 Å². The summed E-state index contributed by atoms with van der Waals surface area (Å²) in [6, 6.07) is 5.54. The van der Waals surface area contributed by atoms with Gasteiger partial charge in [-0.05, 0) is 37.3 Å². The van der Waals surface area contributed by atoms with E-state index >= 15 is 0 Å². The highest BCUT2D eigenvalue weighted by molar-refractivity contribution is 5.76. The molecule has 0 fully saturated rings. The number of aryl methyl sites for hydroxylation is 1. The Labute approximate surface area is 171 Å². The first kappa shape index (κ1) is 24.2. The third-order valence-electron chi connectivity index (χ3n) is 4.77. The van der Waals surface area contributed by atoms with Gasteiger partial charge in [-0.2, -0.15) is 0 Å². The molecule has 0 heterocycles. The molecule has 0 aliphatic heterocycles. The minimum absolute atomic E-state index is 0.250. The summed E-state index contributed by atoms with van der Waals surface area (Å²) in [6.07, 6.45) is 11.9. The number of unbranched alkanes of at least 4 members (excludes halogenated alkanes) is 7. The van der Waals surface area contributed by atoms with Crippen LogP contribution in [0.3, 0.4) is 0 Å². The largest absolute Gasteiger partial charge is 0.423 e. The fourth-order valence-electron chi connectivity index (χ4n) is 3.05. The average Bonchev–Trinajstić information content (AvgIpc) is 2.69. The van der Waals surface area contributed by atoms with Crippen LogP contribution in [0.5, 0.6) is 11.5 Å². The van der Waals surface area contributed by atoms with E-state index in [2.05, 4.69) is 20.8 Å². The fraction of sp³-hybridized carbons (Fsp3) is 0.667. The zero-order chi connectivity index (χ0) is 20.6. The highest BCUT2D eigenvalue weighted by Gasteiger charge is 2.17. The Bertz CT molecular complexity index is 580. The second-order valence-electron chi connectivity index (χ2n) is 7.42. The van der Waals surface area contributed by atoms with Crippen LogP contribution in [0.4, 0.5) is 0 Å². The van der Waals surface area contributed by atoms with Gasteiger partial charge in [0.15, 0.2) is 11.5 Å². The molecule has 28 heavy (non-hydrogen) atoms. The van der Waals surface area contributed by atoms with Crippen LogP contribution in [0.2, 0.25) is 0 Å². The second-order valence-corrected chi connectivity index (χ2v) is 7.42. The lowest BCUT2D eigenvalue weighted by Crippen LogP contribution is -2.13. The maximum Gasteiger partial charge on any atom is 0.311 e. The first-order valence-electron chi connectivity index (χ1n) is 11.2. The standard InChI is InChI=1S/C24H38O4/c1-4-7-10-12-18-22(25)27-21-17-14-16-20(15-9-6-3)24(21)28-23(26)19-13-11-8-5-2/h14,16-17H,4-13,15,18-19H2,1-3H3. The van der Waals surface area contributed by atoms with E-state index in [1.165, 1.54) is 0 Å². The SMILES string of the molecule is CCCCCCC(=O)Oc1cccc(CCCC)c1OC(=O)CCCCCC. The number of carbonyl (C=O) groups is 2. The van der Waals surface area contributed by atoms with Gasteiger partial charge in [-0.25, -0.2) is 0 Å². The van der Waals surface area contributed by atoms with Gasteiger partial charge in [0, 0.05) is 12.8 Å². The molecule has 0 radical (unpaired) electrons. The summed E-state index contributed by atoms with van der Waals surface area (Å²) in [7, 11) is 0. The predicted molar refractivity (Wildman–Crippen MR) is 114 cm³/mol. The summed E-state index contributed by atoms with van der Waals surface area (Å²) < 4.78 is 11.3. The molecule has 0 aliphatic carbocycles. The van der Waals surface area contributed by atoms with Crippen molar-refractivity contribution < 1.29 is 19.1 Å². The normalized spacial score (nSPS) is 10.7. The summed E-state index contributed by atoms with van der Waals surface area (Å²) in [6.45, 7) is 6.41. The Kier molecular flexibility index (Phi) is 13.1. The Morgan fingerprint density at radius 1 is 0.714 bits per heavy atom. The van der Waals surface area contributed by atoms with Crippen LogP contribution in [0, 0.1) is 0 Å². The topological polar surface area (TPSA) is 52.6 Å². The Hall–Kier alpha value is -1.84. The van der Waals surface area contributed by atoms with E-state index in [0.717, 1.165) is 76.2 Å². The first-order valence-corrected chi connectivity index (χ1v) is 11.2. The number of esters is 2. The van der Waals surface area contributed by atoms with Gasteiger partial charge >= 0.3 is 11.9 Å². The van der Waals surface area contributed by atoms with Crippen LogP contribution in [-0.4, -0.2) is 11.9 Å². The highest BCUT2D eigenvalue weighted by Crippen LogP contribution is 2.33. The third-order valence-corrected chi connectivity index (χ3v) is 4.77. The van der Waals surface area contributed by atoms with Crippen molar-refractivity contribution in [2.24, 2.45) is 0 Å². The van der Waals surface area contributed by atoms with Gasteiger partial charge in [0.25, 0.3) is 0 Å². The molecule has 0 aliphatic rings. The van der Waals surface area contributed by atoms with Crippen molar-refractivity contribution in [1.82, 2.24) is 0 Å². The first-order chi connectivity index (χ1) is 13.6. The third kappa shape index (κ3) is 9.91. The molecule has 1 aromatic rings. The van der Waals surface area contributed by atoms with E-state index in [1.807, 2.05) is 12.1 Å². The number of ether oxygens (including phenoxy) is 2. The molecule has 1 rings (SSSR count). The number of rotatable bonds is 15. The molecule has 158 valence electrons. The van der Waals surface area contributed by atoms with Crippen LogP contribution in [0.25, 0.3) is 0 Å². The van der Waals surface area contributed by atoms with Gasteiger partial charge < -0.3 is 9.47 Å². The number of hydrogen-bond donors (Lipinski definition) is 0. The molecule has 1 aromatic carbocycles. The van der Waals surface area contributed by atoms with Gasteiger partial charge in [-0.1, -0.05) is 77.8 Å². The second kappa shape index (κ2) is 15.1. The van der Waals surface area contributed by atoms with Gasteiger partial charge in [-0.15, -0.1) is 0 Å². The lowest BCUT2D eigenvalue weighted by Gasteiger charge is -2.15. The molecule has 0 aromatic heterocycles. The van der Waals surface area contributed by atoms with Crippen LogP contribution >= 0.6 is 0 Å². The molecule has 4 nitrogen and oxygen atoms in total. The van der Waals surface area contributed by atoms with Gasteiger partial charge in [0.2, 0.25) is 0 Å². The van der Waals surface area contributed by atoms with Crippen LogP contribution in [0.15, 0.2) is 18.2 Å². The van der Waals surface area contributed by atoms with E-state index in [1.54, 1.807) is 6.07 Å². The van der Waals surface area contributed by atoms with E-state index in [9.17, 15) is 9.59 Å². The zero-order valence-corrected chi connectivity index (χ0v) is 18.1. The summed E-state index contributed by atoms with van der Waals surface area (Å²) in [5, 5.41) is 0. The quantitative estimate of drug-likeness (QED) is 0.188. The molecular weight excluding hydrogens is 352 g/mol. The summed E-state index contributed by atoms with van der Waals surface area (Å²) in [5.74, 6) is 0.290. The molecule has 0 unspecified atom stereocenters. The fourth-order valence-corrected chi connectivity index (χ4v) is 3.05. The number of carbonyl (C=O) groups excluding carboxylic acids is 2. The molecule has 0 spiro atoms. The molecular formula is C24H38O4. The maximum absolute atomic E-state index is 12.3. The summed E-state index contributed by atoms with van der Waals surface area (Å²) in [5.41, 5.74) is 0.931. The molecule has 0 atom stereocenters. The van der Waals surface area contributed by atoms with E-state index in [4.69, 9.17) is 9.47 Å². The molecule has 0 bridgehead atoms. The minimum atomic E-state index is -0.260.